The Hall–Kier alpha value is -2.71. The molecule has 1 aliphatic rings. The minimum Gasteiger partial charge on any atom is -0.347 e. The second-order valence-corrected chi connectivity index (χ2v) is 8.87. The zero-order valence-electron chi connectivity index (χ0n) is 16.4. The van der Waals surface area contributed by atoms with Gasteiger partial charge in [-0.25, -0.2) is 9.97 Å². The zero-order valence-corrected chi connectivity index (χ0v) is 18.0. The van der Waals surface area contributed by atoms with Crippen LogP contribution in [0.3, 0.4) is 0 Å². The SMILES string of the molecule is CCN1C(=O)c2cccnc2Sc2cc(CNC(=O)c3sc(C)nc3C)ccc21. The second-order valence-electron chi connectivity index (χ2n) is 6.64. The molecule has 1 N–H and O–H groups in total. The van der Waals surface area contributed by atoms with Gasteiger partial charge in [0.15, 0.2) is 0 Å². The summed E-state index contributed by atoms with van der Waals surface area (Å²) in [6.07, 6.45) is 1.70. The predicted octanol–water partition coefficient (Wildman–Crippen LogP) is 4.22. The van der Waals surface area contributed by atoms with E-state index in [0.29, 0.717) is 28.6 Å². The molecule has 0 saturated heterocycles. The van der Waals surface area contributed by atoms with Gasteiger partial charge in [-0.05, 0) is 50.6 Å². The lowest BCUT2D eigenvalue weighted by atomic mass is 10.1. The number of carbonyl (C=O) groups excluding carboxylic acids is 2. The molecule has 0 saturated carbocycles. The number of anilines is 1. The lowest BCUT2D eigenvalue weighted by molar-refractivity contribution is 0.0952. The maximum absolute atomic E-state index is 12.9. The fourth-order valence-corrected chi connectivity index (χ4v) is 5.20. The van der Waals surface area contributed by atoms with Gasteiger partial charge in [0.25, 0.3) is 11.8 Å². The van der Waals surface area contributed by atoms with Crippen LogP contribution in [0.4, 0.5) is 5.69 Å². The van der Waals surface area contributed by atoms with Crippen molar-refractivity contribution in [2.24, 2.45) is 0 Å². The Morgan fingerprint density at radius 1 is 1.24 bits per heavy atom. The molecule has 4 rings (SSSR count). The van der Waals surface area contributed by atoms with E-state index < -0.39 is 0 Å². The van der Waals surface area contributed by atoms with Gasteiger partial charge in [-0.15, -0.1) is 11.3 Å². The van der Waals surface area contributed by atoms with Gasteiger partial charge in [-0.2, -0.15) is 0 Å². The van der Waals surface area contributed by atoms with Crippen molar-refractivity contribution < 1.29 is 9.59 Å². The molecule has 1 aliphatic heterocycles. The third kappa shape index (κ3) is 3.77. The molecule has 0 radical (unpaired) electrons. The van der Waals surface area contributed by atoms with E-state index in [1.165, 1.54) is 23.1 Å². The number of carbonyl (C=O) groups is 2. The van der Waals surface area contributed by atoms with Crippen molar-refractivity contribution >= 4 is 40.6 Å². The summed E-state index contributed by atoms with van der Waals surface area (Å²) < 4.78 is 0. The molecular formula is C21H20N4O2S2. The minimum atomic E-state index is -0.118. The van der Waals surface area contributed by atoms with E-state index in [4.69, 9.17) is 0 Å². The molecule has 2 amide bonds. The molecule has 0 fully saturated rings. The Morgan fingerprint density at radius 2 is 2.07 bits per heavy atom. The average molecular weight is 425 g/mol. The largest absolute Gasteiger partial charge is 0.347 e. The van der Waals surface area contributed by atoms with Gasteiger partial charge in [0.1, 0.15) is 9.90 Å². The quantitative estimate of drug-likeness (QED) is 0.679. The lowest BCUT2D eigenvalue weighted by Crippen LogP contribution is -2.30. The fraction of sp³-hybridized carbons (Fsp3) is 0.238. The molecule has 29 heavy (non-hydrogen) atoms. The van der Waals surface area contributed by atoms with Crippen LogP contribution < -0.4 is 10.2 Å². The molecule has 0 atom stereocenters. The number of nitrogens with one attached hydrogen (secondary N) is 1. The van der Waals surface area contributed by atoms with Crippen LogP contribution in [0, 0.1) is 13.8 Å². The number of hydrogen-bond donors (Lipinski definition) is 1. The van der Waals surface area contributed by atoms with Gasteiger partial charge in [0, 0.05) is 24.2 Å². The minimum absolute atomic E-state index is 0.0426. The van der Waals surface area contributed by atoms with Crippen LogP contribution in [-0.4, -0.2) is 28.3 Å². The Labute approximate surface area is 177 Å². The molecule has 0 unspecified atom stereocenters. The van der Waals surface area contributed by atoms with Gasteiger partial charge in [0.05, 0.1) is 22.0 Å². The van der Waals surface area contributed by atoms with Crippen molar-refractivity contribution in [2.75, 3.05) is 11.4 Å². The van der Waals surface area contributed by atoms with Gasteiger partial charge >= 0.3 is 0 Å². The topological polar surface area (TPSA) is 75.2 Å². The maximum Gasteiger partial charge on any atom is 0.263 e. The maximum atomic E-state index is 12.9. The normalized spacial score (nSPS) is 12.9. The summed E-state index contributed by atoms with van der Waals surface area (Å²) in [5.41, 5.74) is 3.19. The highest BCUT2D eigenvalue weighted by molar-refractivity contribution is 7.99. The van der Waals surface area contributed by atoms with Crippen LogP contribution in [0.5, 0.6) is 0 Å². The van der Waals surface area contributed by atoms with Crippen molar-refractivity contribution in [3.63, 3.8) is 0 Å². The number of pyridine rings is 1. The highest BCUT2D eigenvalue weighted by Crippen LogP contribution is 2.40. The summed E-state index contributed by atoms with van der Waals surface area (Å²) >= 11 is 2.88. The number of amides is 2. The molecule has 3 aromatic rings. The van der Waals surface area contributed by atoms with Gasteiger partial charge in [-0.3, -0.25) is 9.59 Å². The van der Waals surface area contributed by atoms with Crippen LogP contribution in [0.15, 0.2) is 46.5 Å². The molecule has 0 spiro atoms. The van der Waals surface area contributed by atoms with Crippen LogP contribution in [0.25, 0.3) is 0 Å². The summed E-state index contributed by atoms with van der Waals surface area (Å²) in [6, 6.07) is 9.51. The third-order valence-corrected chi connectivity index (χ3v) is 6.78. The van der Waals surface area contributed by atoms with E-state index in [9.17, 15) is 9.59 Å². The monoisotopic (exact) mass is 424 g/mol. The summed E-state index contributed by atoms with van der Waals surface area (Å²) in [5.74, 6) is -0.160. The zero-order chi connectivity index (χ0) is 20.5. The summed E-state index contributed by atoms with van der Waals surface area (Å²) in [6.45, 7) is 6.67. The van der Waals surface area contributed by atoms with Crippen molar-refractivity contribution in [1.29, 1.82) is 0 Å². The number of nitrogens with zero attached hydrogens (tertiary/aromatic N) is 3. The molecule has 1 aromatic carbocycles. The number of rotatable bonds is 4. The van der Waals surface area contributed by atoms with Gasteiger partial charge in [0.2, 0.25) is 0 Å². The summed E-state index contributed by atoms with van der Waals surface area (Å²) in [5, 5.41) is 4.55. The predicted molar refractivity (Wildman–Crippen MR) is 115 cm³/mol. The number of benzene rings is 1. The lowest BCUT2D eigenvalue weighted by Gasteiger charge is -2.21. The molecule has 148 valence electrons. The standard InChI is InChI=1S/C21H20N4O2S2/c1-4-25-16-8-7-14(11-23-19(26)18-12(2)24-13(3)28-18)10-17(16)29-20-15(21(25)27)6-5-9-22-20/h5-10H,4,11H2,1-3H3,(H,23,26). The highest BCUT2D eigenvalue weighted by Gasteiger charge is 2.27. The van der Waals surface area contributed by atoms with E-state index >= 15 is 0 Å². The molecule has 3 heterocycles. The van der Waals surface area contributed by atoms with E-state index in [-0.39, 0.29) is 11.8 Å². The summed E-state index contributed by atoms with van der Waals surface area (Å²) in [7, 11) is 0. The van der Waals surface area contributed by atoms with E-state index in [1.807, 2.05) is 45.0 Å². The van der Waals surface area contributed by atoms with E-state index in [1.54, 1.807) is 17.2 Å². The first kappa shape index (κ1) is 19.6. The Morgan fingerprint density at radius 3 is 2.79 bits per heavy atom. The van der Waals surface area contributed by atoms with Crippen LogP contribution >= 0.6 is 23.1 Å². The van der Waals surface area contributed by atoms with Gasteiger partial charge in [-0.1, -0.05) is 17.8 Å². The number of thiazole rings is 1. The first-order valence-corrected chi connectivity index (χ1v) is 10.9. The number of hydrogen-bond acceptors (Lipinski definition) is 6. The van der Waals surface area contributed by atoms with E-state index in [0.717, 1.165) is 26.8 Å². The molecule has 6 nitrogen and oxygen atoms in total. The molecule has 0 aliphatic carbocycles. The van der Waals surface area contributed by atoms with Crippen LogP contribution in [0.1, 0.15) is 43.2 Å². The molecule has 8 heteroatoms. The number of aryl methyl sites for hydroxylation is 2. The van der Waals surface area contributed by atoms with Crippen molar-refractivity contribution in [2.45, 2.75) is 37.2 Å². The molecular weight excluding hydrogens is 404 g/mol. The smallest absolute Gasteiger partial charge is 0.263 e. The molecule has 0 bridgehead atoms. The third-order valence-electron chi connectivity index (χ3n) is 4.65. The van der Waals surface area contributed by atoms with Crippen LogP contribution in [0.2, 0.25) is 0 Å². The van der Waals surface area contributed by atoms with Crippen molar-refractivity contribution in [3.05, 3.63) is 63.2 Å². The fourth-order valence-electron chi connectivity index (χ4n) is 3.29. The second kappa shape index (κ2) is 7.96. The van der Waals surface area contributed by atoms with Crippen molar-refractivity contribution in [1.82, 2.24) is 15.3 Å². The van der Waals surface area contributed by atoms with Crippen molar-refractivity contribution in [3.8, 4) is 0 Å². The first-order valence-electron chi connectivity index (χ1n) is 9.27. The first-order chi connectivity index (χ1) is 14.0. The Balaban J connectivity index is 1.60. The summed E-state index contributed by atoms with van der Waals surface area (Å²) in [4.78, 5) is 37.5. The van der Waals surface area contributed by atoms with E-state index in [2.05, 4.69) is 15.3 Å². The number of aromatic nitrogens is 2. The highest BCUT2D eigenvalue weighted by atomic mass is 32.2. The average Bonchev–Trinajstić information content (AvgIpc) is 3.00. The number of fused-ring (bicyclic) bond motifs is 2. The van der Waals surface area contributed by atoms with Crippen LogP contribution in [-0.2, 0) is 6.54 Å². The Kier molecular flexibility index (Phi) is 5.38. The molecule has 2 aromatic heterocycles. The van der Waals surface area contributed by atoms with Gasteiger partial charge < -0.3 is 10.2 Å². The Bertz CT molecular complexity index is 1110.